The van der Waals surface area contributed by atoms with Crippen molar-refractivity contribution < 1.29 is 4.39 Å². The Hall–Kier alpha value is -0.890. The zero-order chi connectivity index (χ0) is 10.1. The first-order chi connectivity index (χ1) is 6.68. The highest BCUT2D eigenvalue weighted by Gasteiger charge is 2.27. The summed E-state index contributed by atoms with van der Waals surface area (Å²) in [6, 6.07) is 5.59. The van der Waals surface area contributed by atoms with Crippen molar-refractivity contribution in [3.63, 3.8) is 0 Å². The lowest BCUT2D eigenvalue weighted by atomic mass is 9.93. The van der Waals surface area contributed by atoms with Gasteiger partial charge in [0.05, 0.1) is 0 Å². The summed E-state index contributed by atoms with van der Waals surface area (Å²) in [6.07, 6.45) is 3.18. The Morgan fingerprint density at radius 2 is 2.14 bits per heavy atom. The molecule has 0 saturated heterocycles. The van der Waals surface area contributed by atoms with Crippen molar-refractivity contribution in [2.45, 2.75) is 38.1 Å². The van der Waals surface area contributed by atoms with Crippen molar-refractivity contribution in [2.24, 2.45) is 5.73 Å². The molecule has 0 aliphatic heterocycles. The molecule has 2 unspecified atom stereocenters. The summed E-state index contributed by atoms with van der Waals surface area (Å²) in [7, 11) is 0. The van der Waals surface area contributed by atoms with E-state index in [2.05, 4.69) is 0 Å². The van der Waals surface area contributed by atoms with Gasteiger partial charge >= 0.3 is 0 Å². The van der Waals surface area contributed by atoms with E-state index in [1.807, 2.05) is 19.1 Å². The predicted molar refractivity (Wildman–Crippen MR) is 55.7 cm³/mol. The number of benzene rings is 1. The van der Waals surface area contributed by atoms with Crippen molar-refractivity contribution >= 4 is 0 Å². The molecule has 2 atom stereocenters. The summed E-state index contributed by atoms with van der Waals surface area (Å²) in [5.41, 5.74) is 7.73. The summed E-state index contributed by atoms with van der Waals surface area (Å²) < 4.78 is 13.6. The molecule has 1 saturated carbocycles. The van der Waals surface area contributed by atoms with E-state index in [4.69, 9.17) is 5.73 Å². The summed E-state index contributed by atoms with van der Waals surface area (Å²) >= 11 is 0. The van der Waals surface area contributed by atoms with Gasteiger partial charge in [-0.2, -0.15) is 0 Å². The molecule has 0 heterocycles. The molecule has 1 nitrogen and oxygen atoms in total. The molecule has 14 heavy (non-hydrogen) atoms. The first-order valence-electron chi connectivity index (χ1n) is 5.20. The van der Waals surface area contributed by atoms with E-state index in [1.165, 1.54) is 0 Å². The SMILES string of the molecule is Cc1ccc(C2CCCC2N)c(F)c1. The van der Waals surface area contributed by atoms with Crippen molar-refractivity contribution in [2.75, 3.05) is 0 Å². The number of hydrogen-bond donors (Lipinski definition) is 1. The first kappa shape index (κ1) is 9.66. The largest absolute Gasteiger partial charge is 0.327 e. The molecule has 0 aromatic heterocycles. The van der Waals surface area contributed by atoms with Crippen LogP contribution in [0.1, 0.15) is 36.3 Å². The quantitative estimate of drug-likeness (QED) is 0.729. The van der Waals surface area contributed by atoms with Crippen LogP contribution in [0.5, 0.6) is 0 Å². The standard InChI is InChI=1S/C12H16FN/c1-8-5-6-9(11(13)7-8)10-3-2-4-12(10)14/h5-7,10,12H,2-4,14H2,1H3. The number of nitrogens with two attached hydrogens (primary N) is 1. The van der Waals surface area contributed by atoms with Crippen LogP contribution < -0.4 is 5.73 Å². The molecule has 2 N–H and O–H groups in total. The maximum atomic E-state index is 13.6. The highest BCUT2D eigenvalue weighted by molar-refractivity contribution is 5.28. The third-order valence-electron chi connectivity index (χ3n) is 3.12. The smallest absolute Gasteiger partial charge is 0.127 e. The van der Waals surface area contributed by atoms with E-state index in [0.29, 0.717) is 0 Å². The van der Waals surface area contributed by atoms with Crippen LogP contribution in [-0.4, -0.2) is 6.04 Å². The first-order valence-corrected chi connectivity index (χ1v) is 5.20. The van der Waals surface area contributed by atoms with E-state index in [-0.39, 0.29) is 17.8 Å². The van der Waals surface area contributed by atoms with Crippen molar-refractivity contribution in [1.82, 2.24) is 0 Å². The zero-order valence-corrected chi connectivity index (χ0v) is 8.46. The minimum Gasteiger partial charge on any atom is -0.327 e. The Morgan fingerprint density at radius 3 is 2.71 bits per heavy atom. The maximum Gasteiger partial charge on any atom is 0.127 e. The second-order valence-electron chi connectivity index (χ2n) is 4.23. The number of rotatable bonds is 1. The lowest BCUT2D eigenvalue weighted by Gasteiger charge is -2.16. The topological polar surface area (TPSA) is 26.0 Å². The molecule has 1 aromatic rings. The van der Waals surface area contributed by atoms with Gasteiger partial charge in [-0.05, 0) is 37.0 Å². The van der Waals surface area contributed by atoms with Gasteiger partial charge in [0.1, 0.15) is 5.82 Å². The van der Waals surface area contributed by atoms with Gasteiger partial charge in [-0.25, -0.2) is 4.39 Å². The fourth-order valence-electron chi connectivity index (χ4n) is 2.31. The van der Waals surface area contributed by atoms with Crippen LogP contribution in [0.15, 0.2) is 18.2 Å². The number of hydrogen-bond acceptors (Lipinski definition) is 1. The van der Waals surface area contributed by atoms with Crippen molar-refractivity contribution in [3.05, 3.63) is 35.1 Å². The molecule has 2 heteroatoms. The van der Waals surface area contributed by atoms with Crippen LogP contribution in [0.2, 0.25) is 0 Å². The lowest BCUT2D eigenvalue weighted by molar-refractivity contribution is 0.548. The molecule has 1 fully saturated rings. The Kier molecular flexibility index (Phi) is 2.55. The fraction of sp³-hybridized carbons (Fsp3) is 0.500. The van der Waals surface area contributed by atoms with Gasteiger partial charge in [0.15, 0.2) is 0 Å². The van der Waals surface area contributed by atoms with Crippen LogP contribution in [0.3, 0.4) is 0 Å². The minimum atomic E-state index is -0.0904. The van der Waals surface area contributed by atoms with Gasteiger partial charge in [0.2, 0.25) is 0 Å². The molecule has 1 aliphatic rings. The van der Waals surface area contributed by atoms with Gasteiger partial charge < -0.3 is 5.73 Å². The van der Waals surface area contributed by atoms with E-state index in [0.717, 1.165) is 30.4 Å². The minimum absolute atomic E-state index is 0.0904. The number of aryl methyl sites for hydroxylation is 1. The summed E-state index contributed by atoms with van der Waals surface area (Å²) in [5, 5.41) is 0. The van der Waals surface area contributed by atoms with Crippen LogP contribution in [0, 0.1) is 12.7 Å². The molecular formula is C12H16FN. The Morgan fingerprint density at radius 1 is 1.36 bits per heavy atom. The Labute approximate surface area is 84.1 Å². The predicted octanol–water partition coefficient (Wildman–Crippen LogP) is 2.73. The lowest BCUT2D eigenvalue weighted by Crippen LogP contribution is -2.23. The maximum absolute atomic E-state index is 13.6. The van der Waals surface area contributed by atoms with Gasteiger partial charge in [-0.15, -0.1) is 0 Å². The highest BCUT2D eigenvalue weighted by atomic mass is 19.1. The van der Waals surface area contributed by atoms with Gasteiger partial charge in [0, 0.05) is 12.0 Å². The van der Waals surface area contributed by atoms with Gasteiger partial charge in [0.25, 0.3) is 0 Å². The molecule has 1 aliphatic carbocycles. The second kappa shape index (κ2) is 3.70. The fourth-order valence-corrected chi connectivity index (χ4v) is 2.31. The molecule has 76 valence electrons. The van der Waals surface area contributed by atoms with Crippen LogP contribution in [-0.2, 0) is 0 Å². The van der Waals surface area contributed by atoms with Gasteiger partial charge in [-0.3, -0.25) is 0 Å². The average molecular weight is 193 g/mol. The summed E-state index contributed by atoms with van der Waals surface area (Å²) in [5.74, 6) is 0.142. The Balaban J connectivity index is 2.31. The summed E-state index contributed by atoms with van der Waals surface area (Å²) in [4.78, 5) is 0. The van der Waals surface area contributed by atoms with E-state index in [9.17, 15) is 4.39 Å². The Bertz CT molecular complexity index is 335. The molecule has 0 bridgehead atoms. The highest BCUT2D eigenvalue weighted by Crippen LogP contribution is 2.34. The third kappa shape index (κ3) is 1.67. The molecular weight excluding hydrogens is 177 g/mol. The average Bonchev–Trinajstić information content (AvgIpc) is 2.52. The zero-order valence-electron chi connectivity index (χ0n) is 8.46. The molecule has 0 amide bonds. The number of halogens is 1. The molecule has 2 rings (SSSR count). The molecule has 0 spiro atoms. The van der Waals surface area contributed by atoms with Crippen molar-refractivity contribution in [3.8, 4) is 0 Å². The monoisotopic (exact) mass is 193 g/mol. The third-order valence-corrected chi connectivity index (χ3v) is 3.12. The van der Waals surface area contributed by atoms with Crippen LogP contribution in [0.4, 0.5) is 4.39 Å². The summed E-state index contributed by atoms with van der Waals surface area (Å²) in [6.45, 7) is 1.90. The second-order valence-corrected chi connectivity index (χ2v) is 4.23. The van der Waals surface area contributed by atoms with E-state index in [1.54, 1.807) is 6.07 Å². The molecule has 0 radical (unpaired) electrons. The van der Waals surface area contributed by atoms with Crippen LogP contribution >= 0.6 is 0 Å². The van der Waals surface area contributed by atoms with Crippen molar-refractivity contribution in [1.29, 1.82) is 0 Å². The van der Waals surface area contributed by atoms with E-state index < -0.39 is 0 Å². The van der Waals surface area contributed by atoms with Gasteiger partial charge in [-0.1, -0.05) is 18.6 Å². The molecule has 1 aromatic carbocycles. The van der Waals surface area contributed by atoms with E-state index >= 15 is 0 Å². The van der Waals surface area contributed by atoms with Crippen LogP contribution in [0.25, 0.3) is 0 Å². The normalized spacial score (nSPS) is 26.8.